The van der Waals surface area contributed by atoms with Crippen LogP contribution >= 0.6 is 0 Å². The highest BCUT2D eigenvalue weighted by molar-refractivity contribution is 6.01. The normalized spacial score (nSPS) is 14.7. The van der Waals surface area contributed by atoms with Gasteiger partial charge in [0, 0.05) is 17.8 Å². The molecule has 178 valence electrons. The van der Waals surface area contributed by atoms with Crippen LogP contribution in [0.25, 0.3) is 0 Å². The summed E-state index contributed by atoms with van der Waals surface area (Å²) in [6.45, 7) is 3.88. The molecule has 5 N–H and O–H groups in total. The molecule has 0 spiro atoms. The van der Waals surface area contributed by atoms with Gasteiger partial charge >= 0.3 is 6.18 Å². The summed E-state index contributed by atoms with van der Waals surface area (Å²) >= 11 is 0. The van der Waals surface area contributed by atoms with E-state index in [1.165, 1.54) is 30.5 Å². The summed E-state index contributed by atoms with van der Waals surface area (Å²) in [6.07, 6.45) is 2.51. The lowest BCUT2D eigenvalue weighted by atomic mass is 10.1. The van der Waals surface area contributed by atoms with Gasteiger partial charge in [-0.25, -0.2) is 0 Å². The van der Waals surface area contributed by atoms with Crippen molar-refractivity contribution in [1.29, 1.82) is 0 Å². The molecule has 1 fully saturated rings. The van der Waals surface area contributed by atoms with Crippen LogP contribution < -0.4 is 21.7 Å². The first-order valence-corrected chi connectivity index (χ1v) is 10.5. The van der Waals surface area contributed by atoms with Crippen molar-refractivity contribution < 1.29 is 22.8 Å². The minimum Gasteiger partial charge on any atom is -0.405 e. The number of benzene rings is 2. The fourth-order valence-electron chi connectivity index (χ4n) is 3.20. The molecule has 6 nitrogen and oxygen atoms in total. The molecule has 0 saturated heterocycles. The van der Waals surface area contributed by atoms with Gasteiger partial charge in [-0.1, -0.05) is 43.0 Å². The van der Waals surface area contributed by atoms with Gasteiger partial charge in [-0.3, -0.25) is 9.59 Å². The van der Waals surface area contributed by atoms with Crippen LogP contribution in [0.5, 0.6) is 0 Å². The monoisotopic (exact) mass is 470 g/mol. The van der Waals surface area contributed by atoms with Crippen LogP contribution in [-0.2, 0) is 22.3 Å². The topological polar surface area (TPSA) is 96.2 Å². The molecule has 0 aromatic heterocycles. The summed E-state index contributed by atoms with van der Waals surface area (Å²) in [4.78, 5) is 24.9. The first kappa shape index (κ1) is 24.6. The van der Waals surface area contributed by atoms with Crippen molar-refractivity contribution in [3.8, 4) is 0 Å². The molecule has 1 aliphatic rings. The molecule has 2 aromatic carbocycles. The van der Waals surface area contributed by atoms with Crippen LogP contribution in [-0.4, -0.2) is 17.4 Å². The minimum absolute atomic E-state index is 0.0436. The average molecular weight is 470 g/mol. The number of carbonyl (C=O) groups is 2. The van der Waals surface area contributed by atoms with E-state index in [0.717, 1.165) is 11.6 Å². The molecule has 3 rings (SSSR count). The Labute approximate surface area is 195 Å². The van der Waals surface area contributed by atoms with E-state index < -0.39 is 23.2 Å². The van der Waals surface area contributed by atoms with E-state index in [0.29, 0.717) is 18.5 Å². The predicted molar refractivity (Wildman–Crippen MR) is 125 cm³/mol. The van der Waals surface area contributed by atoms with E-state index in [-0.39, 0.29) is 23.7 Å². The second kappa shape index (κ2) is 10.3. The van der Waals surface area contributed by atoms with Crippen LogP contribution in [0.2, 0.25) is 0 Å². The fraction of sp³-hybridized carbons (Fsp3) is 0.200. The highest BCUT2D eigenvalue weighted by Gasteiger charge is 2.51. The Morgan fingerprint density at radius 2 is 1.74 bits per heavy atom. The molecule has 0 atom stereocenters. The lowest BCUT2D eigenvalue weighted by Gasteiger charge is -2.18. The van der Waals surface area contributed by atoms with Crippen molar-refractivity contribution >= 4 is 23.2 Å². The van der Waals surface area contributed by atoms with Gasteiger partial charge in [0.15, 0.2) is 0 Å². The fourth-order valence-corrected chi connectivity index (χ4v) is 3.20. The van der Waals surface area contributed by atoms with Crippen molar-refractivity contribution in [1.82, 2.24) is 10.6 Å². The maximum Gasteiger partial charge on any atom is 0.418 e. The van der Waals surface area contributed by atoms with Crippen molar-refractivity contribution in [3.63, 3.8) is 0 Å². The average Bonchev–Trinajstić information content (AvgIpc) is 3.58. The van der Waals surface area contributed by atoms with E-state index in [4.69, 9.17) is 5.73 Å². The molecule has 0 heterocycles. The predicted octanol–water partition coefficient (Wildman–Crippen LogP) is 4.30. The van der Waals surface area contributed by atoms with E-state index >= 15 is 0 Å². The maximum absolute atomic E-state index is 13.2. The Hall–Kier alpha value is -4.01. The first-order chi connectivity index (χ1) is 16.1. The van der Waals surface area contributed by atoms with Gasteiger partial charge in [0.05, 0.1) is 11.3 Å². The Morgan fingerprint density at radius 3 is 2.35 bits per heavy atom. The van der Waals surface area contributed by atoms with E-state index in [2.05, 4.69) is 22.5 Å². The third kappa shape index (κ3) is 6.28. The van der Waals surface area contributed by atoms with Crippen LogP contribution in [0.3, 0.4) is 0 Å². The number of hydrogen-bond donors (Lipinski definition) is 4. The van der Waals surface area contributed by atoms with Gasteiger partial charge in [0.2, 0.25) is 5.91 Å². The summed E-state index contributed by atoms with van der Waals surface area (Å²) in [5.41, 5.74) is 4.91. The largest absolute Gasteiger partial charge is 0.418 e. The maximum atomic E-state index is 13.2. The van der Waals surface area contributed by atoms with Gasteiger partial charge in [-0.05, 0) is 54.9 Å². The van der Waals surface area contributed by atoms with Gasteiger partial charge in [-0.2, -0.15) is 13.2 Å². The van der Waals surface area contributed by atoms with Crippen molar-refractivity contribution in [2.24, 2.45) is 5.73 Å². The number of para-hydroxylation sites is 1. The standard InChI is InChI=1S/C25H25F3N4O2/c1-17(6-4-5-15-29)22(33)32-24(13-14-24)23(34)30-16-18-9-11-19(12-10-18)31-21-8-3-2-7-20(21)25(26,27)28/h2-12,15,31H,1,13-14,16,29H2,(H,30,34)(H,32,33)/b6-4-,15-5-. The summed E-state index contributed by atoms with van der Waals surface area (Å²) in [5.74, 6) is -0.746. The lowest BCUT2D eigenvalue weighted by molar-refractivity contribution is -0.137. The Kier molecular flexibility index (Phi) is 7.45. The molecule has 9 heteroatoms. The van der Waals surface area contributed by atoms with Gasteiger partial charge in [0.1, 0.15) is 5.54 Å². The Morgan fingerprint density at radius 1 is 1.06 bits per heavy atom. The SMILES string of the molecule is C=C(/C=C\C=C/N)C(=O)NC1(C(=O)NCc2ccc(Nc3ccccc3C(F)(F)F)cc2)CC1. The molecule has 2 amide bonds. The number of rotatable bonds is 9. The number of anilines is 2. The molecule has 0 bridgehead atoms. The number of nitrogens with two attached hydrogens (primary N) is 1. The number of nitrogens with one attached hydrogen (secondary N) is 3. The highest BCUT2D eigenvalue weighted by Crippen LogP contribution is 2.37. The number of carbonyl (C=O) groups excluding carboxylic acids is 2. The number of amides is 2. The molecule has 0 radical (unpaired) electrons. The summed E-state index contributed by atoms with van der Waals surface area (Å²) < 4.78 is 39.5. The van der Waals surface area contributed by atoms with E-state index in [1.54, 1.807) is 36.4 Å². The third-order valence-electron chi connectivity index (χ3n) is 5.27. The van der Waals surface area contributed by atoms with Crippen LogP contribution in [0.1, 0.15) is 24.0 Å². The van der Waals surface area contributed by atoms with Gasteiger partial charge in [0.25, 0.3) is 5.91 Å². The number of hydrogen-bond acceptors (Lipinski definition) is 4. The smallest absolute Gasteiger partial charge is 0.405 e. The molecule has 1 aliphatic carbocycles. The Balaban J connectivity index is 1.55. The minimum atomic E-state index is -4.47. The number of halogens is 3. The summed E-state index contributed by atoms with van der Waals surface area (Å²) in [6, 6.07) is 11.9. The van der Waals surface area contributed by atoms with Crippen molar-refractivity contribution in [2.45, 2.75) is 31.1 Å². The number of allylic oxidation sites excluding steroid dienone is 2. The molecular weight excluding hydrogens is 445 g/mol. The Bertz CT molecular complexity index is 1120. The highest BCUT2D eigenvalue weighted by atomic mass is 19.4. The summed E-state index contributed by atoms with van der Waals surface area (Å²) in [7, 11) is 0. The van der Waals surface area contributed by atoms with E-state index in [9.17, 15) is 22.8 Å². The van der Waals surface area contributed by atoms with Crippen LogP contribution in [0, 0.1) is 0 Å². The van der Waals surface area contributed by atoms with E-state index in [1.807, 2.05) is 0 Å². The molecular formula is C25H25F3N4O2. The zero-order chi connectivity index (χ0) is 24.8. The van der Waals surface area contributed by atoms with Crippen LogP contribution in [0.15, 0.2) is 85.1 Å². The summed E-state index contributed by atoms with van der Waals surface area (Å²) in [5, 5.41) is 8.30. The van der Waals surface area contributed by atoms with Crippen molar-refractivity contribution in [3.05, 3.63) is 96.2 Å². The molecule has 2 aromatic rings. The molecule has 0 aliphatic heterocycles. The van der Waals surface area contributed by atoms with Gasteiger partial charge in [-0.15, -0.1) is 0 Å². The number of alkyl halides is 3. The zero-order valence-corrected chi connectivity index (χ0v) is 18.3. The molecule has 34 heavy (non-hydrogen) atoms. The first-order valence-electron chi connectivity index (χ1n) is 10.5. The zero-order valence-electron chi connectivity index (χ0n) is 18.3. The van der Waals surface area contributed by atoms with Crippen molar-refractivity contribution in [2.75, 3.05) is 5.32 Å². The molecule has 0 unspecified atom stereocenters. The van der Waals surface area contributed by atoms with Crippen LogP contribution in [0.4, 0.5) is 24.5 Å². The molecule has 1 saturated carbocycles. The third-order valence-corrected chi connectivity index (χ3v) is 5.27. The van der Waals surface area contributed by atoms with Gasteiger partial charge < -0.3 is 21.7 Å². The lowest BCUT2D eigenvalue weighted by Crippen LogP contribution is -2.49. The second-order valence-corrected chi connectivity index (χ2v) is 7.85. The second-order valence-electron chi connectivity index (χ2n) is 7.85. The quantitative estimate of drug-likeness (QED) is 0.325.